The topological polar surface area (TPSA) is 70.7 Å². The summed E-state index contributed by atoms with van der Waals surface area (Å²) in [6, 6.07) is 9.42. The van der Waals surface area contributed by atoms with Gasteiger partial charge in [-0.05, 0) is 12.1 Å². The van der Waals surface area contributed by atoms with Crippen molar-refractivity contribution in [2.75, 3.05) is 13.7 Å². The smallest absolute Gasteiger partial charge is 0.741 e. The van der Waals surface area contributed by atoms with Crippen molar-refractivity contribution < 1.29 is 21.8 Å². The van der Waals surface area contributed by atoms with Crippen molar-refractivity contribution in [2.24, 2.45) is 20.4 Å². The van der Waals surface area contributed by atoms with E-state index in [1.165, 1.54) is 6.21 Å². The van der Waals surface area contributed by atoms with Gasteiger partial charge >= 0.3 is 17.1 Å². The van der Waals surface area contributed by atoms with Gasteiger partial charge in [-0.1, -0.05) is 30.3 Å². The fourth-order valence-corrected chi connectivity index (χ4v) is 1.41. The summed E-state index contributed by atoms with van der Waals surface area (Å²) in [5.74, 6) is 0. The second kappa shape index (κ2) is 12.0. The number of hydrogen-bond donors (Lipinski definition) is 1. The zero-order valence-electron chi connectivity index (χ0n) is 12.0. The Labute approximate surface area is 151 Å². The molecule has 0 saturated heterocycles. The normalized spacial score (nSPS) is 12.9. The van der Waals surface area contributed by atoms with Gasteiger partial charge in [0.2, 0.25) is 0 Å². The molecule has 0 saturated carbocycles. The van der Waals surface area contributed by atoms with Crippen LogP contribution in [0.3, 0.4) is 0 Å². The number of ether oxygens (including phenoxy) is 1. The first kappa shape index (κ1) is 20.5. The van der Waals surface area contributed by atoms with Crippen molar-refractivity contribution in [2.45, 2.75) is 6.92 Å². The Morgan fingerprint density at radius 3 is 2.45 bits per heavy atom. The van der Waals surface area contributed by atoms with Gasteiger partial charge in [-0.2, -0.15) is 10.2 Å². The molecule has 1 aromatic rings. The van der Waals surface area contributed by atoms with Gasteiger partial charge < -0.3 is 35.3 Å². The van der Waals surface area contributed by atoms with Crippen LogP contribution < -0.4 is 5.32 Å². The number of nitrogens with zero attached hydrogens (tertiary/aromatic N) is 4. The maximum Gasteiger partial charge on any atom is 2.00 e. The fourth-order valence-electron chi connectivity index (χ4n) is 1.20. The molecule has 0 bridgehead atoms. The van der Waals surface area contributed by atoms with Crippen LogP contribution in [-0.4, -0.2) is 36.0 Å². The molecule has 0 aliphatic heterocycles. The van der Waals surface area contributed by atoms with E-state index in [0.717, 1.165) is 5.56 Å². The Balaban J connectivity index is 0.00000441. The van der Waals surface area contributed by atoms with Crippen molar-refractivity contribution in [1.82, 2.24) is 5.32 Å². The van der Waals surface area contributed by atoms with Gasteiger partial charge in [-0.15, -0.1) is 10.2 Å². The molecule has 0 atom stereocenters. The molecule has 0 fully saturated rings. The van der Waals surface area contributed by atoms with Gasteiger partial charge in [0.1, 0.15) is 5.71 Å². The molecule has 0 unspecified atom stereocenters. The molecule has 0 aliphatic rings. The Kier molecular flexibility index (Phi) is 11.2. The first-order valence-corrected chi connectivity index (χ1v) is 6.95. The maximum absolute atomic E-state index is 5.05. The second-order valence-electron chi connectivity index (χ2n) is 3.55. The molecule has 0 amide bonds. The zero-order valence-corrected chi connectivity index (χ0v) is 14.6. The predicted octanol–water partition coefficient (Wildman–Crippen LogP) is 1.44. The van der Waals surface area contributed by atoms with Crippen LogP contribution in [0.5, 0.6) is 0 Å². The maximum atomic E-state index is 5.05. The van der Waals surface area contributed by atoms with Crippen LogP contribution in [0, 0.1) is 0 Å². The molecular weight excluding hydrogens is 370 g/mol. The molecule has 1 rings (SSSR count). The van der Waals surface area contributed by atoms with Gasteiger partial charge in [-0.3, -0.25) is 0 Å². The van der Waals surface area contributed by atoms with E-state index in [-0.39, 0.29) is 27.5 Å². The van der Waals surface area contributed by atoms with E-state index >= 15 is 0 Å². The van der Waals surface area contributed by atoms with Crippen LogP contribution >= 0.6 is 0 Å². The molecule has 22 heavy (non-hydrogen) atoms. The first-order valence-electron chi connectivity index (χ1n) is 6.14. The van der Waals surface area contributed by atoms with Crippen LogP contribution in [0.25, 0.3) is 0 Å². The molecule has 0 aliphatic carbocycles. The third-order valence-corrected chi connectivity index (χ3v) is 2.60. The van der Waals surface area contributed by atoms with Crippen molar-refractivity contribution in [1.29, 1.82) is 0 Å². The third kappa shape index (κ3) is 8.04. The van der Waals surface area contributed by atoms with Crippen LogP contribution in [0.1, 0.15) is 12.5 Å². The molecule has 0 heterocycles. The minimum Gasteiger partial charge on any atom is -0.741 e. The molecule has 1 aromatic carbocycles. The number of amidine groups is 1. The first-order chi connectivity index (χ1) is 10.2. The van der Waals surface area contributed by atoms with E-state index < -0.39 is 0 Å². The Morgan fingerprint density at radius 1 is 1.18 bits per heavy atom. The van der Waals surface area contributed by atoms with Gasteiger partial charge in [0.25, 0.3) is 0 Å². The van der Waals surface area contributed by atoms with Crippen LogP contribution in [0.4, 0.5) is 0 Å². The SMILES string of the molecule is CCO/C([S-])=N/N=C(/C=N/N=C(\[S-])NC)c1ccccc1.[Cu+2]. The summed E-state index contributed by atoms with van der Waals surface area (Å²) in [5.41, 5.74) is 1.33. The zero-order chi connectivity index (χ0) is 15.5. The van der Waals surface area contributed by atoms with Crippen molar-refractivity contribution in [3.63, 3.8) is 0 Å². The number of rotatable bonds is 5. The minimum atomic E-state index is 0. The van der Waals surface area contributed by atoms with E-state index in [0.29, 0.717) is 12.3 Å². The number of nitrogens with one attached hydrogen (secondary N) is 1. The average Bonchev–Trinajstić information content (AvgIpc) is 2.51. The van der Waals surface area contributed by atoms with Crippen molar-refractivity contribution in [3.8, 4) is 0 Å². The summed E-state index contributed by atoms with van der Waals surface area (Å²) >= 11 is 9.77. The van der Waals surface area contributed by atoms with Crippen LogP contribution in [-0.2, 0) is 47.1 Å². The van der Waals surface area contributed by atoms with E-state index in [4.69, 9.17) is 30.0 Å². The second-order valence-corrected chi connectivity index (χ2v) is 4.29. The summed E-state index contributed by atoms with van der Waals surface area (Å²) in [6.45, 7) is 2.26. The van der Waals surface area contributed by atoms with E-state index in [1.807, 2.05) is 37.3 Å². The molecule has 121 valence electrons. The van der Waals surface area contributed by atoms with Gasteiger partial charge in [0.15, 0.2) is 0 Å². The van der Waals surface area contributed by atoms with Crippen LogP contribution in [0.2, 0.25) is 0 Å². The van der Waals surface area contributed by atoms with Gasteiger partial charge in [0.05, 0.1) is 18.1 Å². The average molecular weight is 385 g/mol. The largest absolute Gasteiger partial charge is 2.00 e. The van der Waals surface area contributed by atoms with E-state index in [2.05, 4.69) is 25.7 Å². The third-order valence-electron chi connectivity index (χ3n) is 2.12. The van der Waals surface area contributed by atoms with E-state index in [9.17, 15) is 0 Å². The Morgan fingerprint density at radius 2 is 1.86 bits per heavy atom. The summed E-state index contributed by atoms with van der Waals surface area (Å²) in [4.78, 5) is 0. The molecule has 1 N–H and O–H groups in total. The number of benzene rings is 1. The minimum absolute atomic E-state index is 0. The molecule has 0 aromatic heterocycles. The predicted molar refractivity (Wildman–Crippen MR) is 91.8 cm³/mol. The monoisotopic (exact) mass is 384 g/mol. The molecule has 0 spiro atoms. The van der Waals surface area contributed by atoms with Crippen LogP contribution in [0.15, 0.2) is 50.7 Å². The molecular formula is C13H15CuN5OS2. The molecule has 1 radical (unpaired) electrons. The summed E-state index contributed by atoms with van der Waals surface area (Å²) in [5, 5.41) is 18.5. The van der Waals surface area contributed by atoms with Gasteiger partial charge in [-0.25, -0.2) is 0 Å². The summed E-state index contributed by atoms with van der Waals surface area (Å²) in [6.07, 6.45) is 1.46. The summed E-state index contributed by atoms with van der Waals surface area (Å²) < 4.78 is 5.05. The molecule has 9 heteroatoms. The molecule has 6 nitrogen and oxygen atoms in total. The van der Waals surface area contributed by atoms with Crippen molar-refractivity contribution >= 4 is 47.6 Å². The Bertz CT molecular complexity index is 561. The Hall–Kier alpha value is -1.54. The van der Waals surface area contributed by atoms with E-state index in [1.54, 1.807) is 7.05 Å². The fraction of sp³-hybridized carbons (Fsp3) is 0.231. The summed E-state index contributed by atoms with van der Waals surface area (Å²) in [7, 11) is 1.67. The van der Waals surface area contributed by atoms with Crippen molar-refractivity contribution in [3.05, 3.63) is 35.9 Å². The quantitative estimate of drug-likeness (QED) is 0.274. The standard InChI is InChI=1S/C13H17N5OS2.Cu/c1-3-19-13(21)18-16-11(9-15-17-12(20)14-2)10-7-5-4-6-8-10;/h4-9H,3H2,1-2H3,(H,18,21)(H2,14,17,20);/q;+2/p-2/b15-9+,16-11-;. The van der Waals surface area contributed by atoms with Gasteiger partial charge in [0, 0.05) is 12.6 Å². The number of hydrogen-bond acceptors (Lipinski definition) is 7.